The van der Waals surface area contributed by atoms with Crippen LogP contribution < -0.4 is 10.2 Å². The number of nitrogens with zero attached hydrogens (tertiary/aromatic N) is 1. The second-order valence-electron chi connectivity index (χ2n) is 5.31. The zero-order valence-electron chi connectivity index (χ0n) is 11.3. The summed E-state index contributed by atoms with van der Waals surface area (Å²) in [6.07, 6.45) is 2.69. The van der Waals surface area contributed by atoms with E-state index in [2.05, 4.69) is 49.3 Å². The van der Waals surface area contributed by atoms with E-state index in [-0.39, 0.29) is 0 Å². The number of hydrogen-bond acceptors (Lipinski definition) is 2. The minimum absolute atomic E-state index is 0.800. The van der Waals surface area contributed by atoms with E-state index in [1.54, 1.807) is 0 Å². The monoisotopic (exact) mass is 232 g/mol. The summed E-state index contributed by atoms with van der Waals surface area (Å²) in [6, 6.07) is 6.58. The lowest BCUT2D eigenvalue weighted by Crippen LogP contribution is -2.37. The number of hydrogen-bond donors (Lipinski definition) is 1. The molecule has 1 aliphatic heterocycles. The maximum Gasteiger partial charge on any atom is 0.0396 e. The molecule has 1 aliphatic rings. The van der Waals surface area contributed by atoms with E-state index in [4.69, 9.17) is 0 Å². The van der Waals surface area contributed by atoms with Crippen molar-refractivity contribution in [2.45, 2.75) is 26.7 Å². The molecule has 0 aliphatic carbocycles. The fourth-order valence-corrected chi connectivity index (χ4v) is 2.71. The van der Waals surface area contributed by atoms with Crippen molar-refractivity contribution in [2.24, 2.45) is 5.92 Å². The van der Waals surface area contributed by atoms with E-state index in [9.17, 15) is 0 Å². The largest absolute Gasteiger partial charge is 0.374 e. The Labute approximate surface area is 105 Å². The van der Waals surface area contributed by atoms with Crippen molar-refractivity contribution in [3.63, 3.8) is 0 Å². The molecule has 0 spiro atoms. The van der Waals surface area contributed by atoms with Gasteiger partial charge in [-0.3, -0.25) is 0 Å². The van der Waals surface area contributed by atoms with Crippen LogP contribution in [0.3, 0.4) is 0 Å². The number of aryl methyl sites for hydroxylation is 1. The van der Waals surface area contributed by atoms with E-state index in [0.29, 0.717) is 0 Å². The van der Waals surface area contributed by atoms with Crippen LogP contribution in [0.25, 0.3) is 0 Å². The molecule has 1 aromatic rings. The van der Waals surface area contributed by atoms with Gasteiger partial charge in [-0.2, -0.15) is 0 Å². The molecular formula is C15H24N2. The lowest BCUT2D eigenvalue weighted by Gasteiger charge is -2.30. The third-order valence-electron chi connectivity index (χ3n) is 3.92. The molecule has 94 valence electrons. The van der Waals surface area contributed by atoms with E-state index in [1.165, 1.54) is 42.7 Å². The van der Waals surface area contributed by atoms with E-state index in [1.807, 2.05) is 0 Å². The molecule has 1 N–H and O–H groups in total. The number of benzene rings is 1. The van der Waals surface area contributed by atoms with Crippen molar-refractivity contribution in [1.82, 2.24) is 5.32 Å². The SMILES string of the molecule is Cc1cccc(N(C)CC2CCCNC2)c1C. The quantitative estimate of drug-likeness (QED) is 0.862. The van der Waals surface area contributed by atoms with Crippen molar-refractivity contribution in [3.8, 4) is 0 Å². The first kappa shape index (κ1) is 12.4. The van der Waals surface area contributed by atoms with Crippen molar-refractivity contribution < 1.29 is 0 Å². The van der Waals surface area contributed by atoms with Gasteiger partial charge in [-0.05, 0) is 62.9 Å². The molecule has 0 amide bonds. The lowest BCUT2D eigenvalue weighted by atomic mass is 9.98. The first-order chi connectivity index (χ1) is 8.18. The van der Waals surface area contributed by atoms with Gasteiger partial charge >= 0.3 is 0 Å². The molecule has 1 unspecified atom stereocenters. The lowest BCUT2D eigenvalue weighted by molar-refractivity contribution is 0.381. The highest BCUT2D eigenvalue weighted by molar-refractivity contribution is 5.55. The molecule has 0 bridgehead atoms. The van der Waals surface area contributed by atoms with Crippen LogP contribution in [0.15, 0.2) is 18.2 Å². The molecule has 1 fully saturated rings. The molecule has 0 radical (unpaired) electrons. The summed E-state index contributed by atoms with van der Waals surface area (Å²) in [4.78, 5) is 2.42. The first-order valence-electron chi connectivity index (χ1n) is 6.66. The van der Waals surface area contributed by atoms with Gasteiger partial charge in [-0.15, -0.1) is 0 Å². The summed E-state index contributed by atoms with van der Waals surface area (Å²) in [5.41, 5.74) is 4.19. The van der Waals surface area contributed by atoms with Gasteiger partial charge in [0.05, 0.1) is 0 Å². The summed E-state index contributed by atoms with van der Waals surface area (Å²) in [5.74, 6) is 0.800. The molecule has 1 aromatic carbocycles. The Morgan fingerprint density at radius 2 is 2.18 bits per heavy atom. The predicted molar refractivity (Wildman–Crippen MR) is 74.8 cm³/mol. The van der Waals surface area contributed by atoms with Gasteiger partial charge in [0.25, 0.3) is 0 Å². The molecule has 1 atom stereocenters. The summed E-state index contributed by atoms with van der Waals surface area (Å²) < 4.78 is 0. The van der Waals surface area contributed by atoms with Gasteiger partial charge in [-0.25, -0.2) is 0 Å². The van der Waals surface area contributed by atoms with Crippen molar-refractivity contribution in [1.29, 1.82) is 0 Å². The Balaban J connectivity index is 2.03. The van der Waals surface area contributed by atoms with E-state index in [0.717, 1.165) is 12.5 Å². The van der Waals surface area contributed by atoms with Gasteiger partial charge in [0, 0.05) is 19.3 Å². The smallest absolute Gasteiger partial charge is 0.0396 e. The van der Waals surface area contributed by atoms with Crippen LogP contribution in [0.5, 0.6) is 0 Å². The summed E-state index contributed by atoms with van der Waals surface area (Å²) in [7, 11) is 2.22. The zero-order chi connectivity index (χ0) is 12.3. The van der Waals surface area contributed by atoms with Gasteiger partial charge in [0.15, 0.2) is 0 Å². The van der Waals surface area contributed by atoms with Crippen LogP contribution in [-0.2, 0) is 0 Å². The van der Waals surface area contributed by atoms with Gasteiger partial charge in [-0.1, -0.05) is 12.1 Å². The second-order valence-corrected chi connectivity index (χ2v) is 5.31. The fourth-order valence-electron chi connectivity index (χ4n) is 2.71. The molecule has 0 saturated carbocycles. The Morgan fingerprint density at radius 3 is 2.88 bits per heavy atom. The number of anilines is 1. The molecule has 2 heteroatoms. The Hall–Kier alpha value is -1.02. The van der Waals surface area contributed by atoms with E-state index < -0.39 is 0 Å². The van der Waals surface area contributed by atoms with Gasteiger partial charge in [0.2, 0.25) is 0 Å². The topological polar surface area (TPSA) is 15.3 Å². The maximum atomic E-state index is 3.49. The molecular weight excluding hydrogens is 208 g/mol. The number of piperidine rings is 1. The minimum atomic E-state index is 0.800. The third kappa shape index (κ3) is 3.01. The second kappa shape index (κ2) is 5.54. The van der Waals surface area contributed by atoms with Crippen molar-refractivity contribution in [3.05, 3.63) is 29.3 Å². The first-order valence-corrected chi connectivity index (χ1v) is 6.66. The highest BCUT2D eigenvalue weighted by atomic mass is 15.1. The normalized spacial score (nSPS) is 20.3. The zero-order valence-corrected chi connectivity index (χ0v) is 11.3. The highest BCUT2D eigenvalue weighted by Gasteiger charge is 2.16. The van der Waals surface area contributed by atoms with Gasteiger partial charge < -0.3 is 10.2 Å². The van der Waals surface area contributed by atoms with Crippen molar-refractivity contribution in [2.75, 3.05) is 31.6 Å². The number of rotatable bonds is 3. The highest BCUT2D eigenvalue weighted by Crippen LogP contribution is 2.23. The predicted octanol–water partition coefficient (Wildman–Crippen LogP) is 2.74. The molecule has 2 nitrogen and oxygen atoms in total. The van der Waals surface area contributed by atoms with Gasteiger partial charge in [0.1, 0.15) is 0 Å². The van der Waals surface area contributed by atoms with Crippen LogP contribution in [0.4, 0.5) is 5.69 Å². The van der Waals surface area contributed by atoms with Crippen LogP contribution in [0, 0.1) is 19.8 Å². The van der Waals surface area contributed by atoms with Crippen LogP contribution in [0.1, 0.15) is 24.0 Å². The standard InChI is InChI=1S/C15H24N2/c1-12-6-4-8-15(13(12)2)17(3)11-14-7-5-9-16-10-14/h4,6,8,14,16H,5,7,9-11H2,1-3H3. The summed E-state index contributed by atoms with van der Waals surface area (Å²) in [5, 5.41) is 3.49. The summed E-state index contributed by atoms with van der Waals surface area (Å²) >= 11 is 0. The third-order valence-corrected chi connectivity index (χ3v) is 3.92. The van der Waals surface area contributed by atoms with Crippen LogP contribution in [0.2, 0.25) is 0 Å². The summed E-state index contributed by atoms with van der Waals surface area (Å²) in [6.45, 7) is 7.95. The fraction of sp³-hybridized carbons (Fsp3) is 0.600. The molecule has 1 heterocycles. The molecule has 17 heavy (non-hydrogen) atoms. The van der Waals surface area contributed by atoms with Crippen LogP contribution >= 0.6 is 0 Å². The minimum Gasteiger partial charge on any atom is -0.374 e. The van der Waals surface area contributed by atoms with E-state index >= 15 is 0 Å². The Morgan fingerprint density at radius 1 is 1.35 bits per heavy atom. The molecule has 0 aromatic heterocycles. The average Bonchev–Trinajstić information content (AvgIpc) is 2.34. The van der Waals surface area contributed by atoms with Crippen LogP contribution in [-0.4, -0.2) is 26.7 Å². The van der Waals surface area contributed by atoms with Crippen molar-refractivity contribution >= 4 is 5.69 Å². The molecule has 1 saturated heterocycles. The number of nitrogens with one attached hydrogen (secondary N) is 1. The molecule has 2 rings (SSSR count). The average molecular weight is 232 g/mol. The Kier molecular flexibility index (Phi) is 4.06. The Bertz CT molecular complexity index is 367. The maximum absolute atomic E-state index is 3.49.